The van der Waals surface area contributed by atoms with E-state index >= 15 is 0 Å². The molecule has 4 nitrogen and oxygen atoms in total. The molecule has 5 heteroatoms. The smallest absolute Gasteiger partial charge is 0.265 e. The van der Waals surface area contributed by atoms with Gasteiger partial charge in [-0.3, -0.25) is 10.2 Å². The van der Waals surface area contributed by atoms with Gasteiger partial charge in [0.1, 0.15) is 5.82 Å². The predicted octanol–water partition coefficient (Wildman–Crippen LogP) is 2.91. The van der Waals surface area contributed by atoms with Gasteiger partial charge >= 0.3 is 0 Å². The summed E-state index contributed by atoms with van der Waals surface area (Å²) in [6, 6.07) is 4.19. The third kappa shape index (κ3) is 4.02. The van der Waals surface area contributed by atoms with E-state index in [4.69, 9.17) is 10.6 Å². The van der Waals surface area contributed by atoms with E-state index < -0.39 is 5.91 Å². The van der Waals surface area contributed by atoms with E-state index in [0.29, 0.717) is 17.0 Å². The third-order valence-corrected chi connectivity index (χ3v) is 4.26. The first-order valence-corrected chi connectivity index (χ1v) is 7.56. The van der Waals surface area contributed by atoms with Crippen LogP contribution < -0.4 is 11.3 Å². The van der Waals surface area contributed by atoms with Crippen LogP contribution in [0.1, 0.15) is 54.9 Å². The van der Waals surface area contributed by atoms with Gasteiger partial charge in [-0.15, -0.1) is 0 Å². The van der Waals surface area contributed by atoms with Crippen LogP contribution >= 0.6 is 0 Å². The number of ether oxygens (including phenoxy) is 1. The summed E-state index contributed by atoms with van der Waals surface area (Å²) in [5.41, 5.74) is 2.79. The number of nitrogen functional groups attached to an aromatic ring is 1. The van der Waals surface area contributed by atoms with E-state index in [1.165, 1.54) is 37.5 Å². The lowest BCUT2D eigenvalue weighted by molar-refractivity contribution is -0.0231. The molecular formula is C16H23FN2O2. The Morgan fingerprint density at radius 2 is 2.19 bits per heavy atom. The number of carbonyl (C=O) groups is 1. The Balaban J connectivity index is 2.03. The number of hydrazine groups is 1. The molecule has 1 amide bonds. The maximum Gasteiger partial charge on any atom is 0.265 e. The maximum atomic E-state index is 13.8. The van der Waals surface area contributed by atoms with Gasteiger partial charge in [0.15, 0.2) is 0 Å². The Morgan fingerprint density at radius 3 is 2.90 bits per heavy atom. The zero-order chi connectivity index (χ0) is 15.2. The van der Waals surface area contributed by atoms with E-state index in [1.807, 2.05) is 5.43 Å². The number of nitrogens with one attached hydrogen (secondary N) is 1. The zero-order valence-corrected chi connectivity index (χ0v) is 12.4. The van der Waals surface area contributed by atoms with Gasteiger partial charge in [-0.05, 0) is 37.0 Å². The molecule has 0 bridgehead atoms. The van der Waals surface area contributed by atoms with Crippen LogP contribution in [0.3, 0.4) is 0 Å². The normalized spacial score (nSPS) is 22.0. The summed E-state index contributed by atoms with van der Waals surface area (Å²) in [7, 11) is 0. The quantitative estimate of drug-likeness (QED) is 0.498. The largest absolute Gasteiger partial charge is 0.373 e. The second kappa shape index (κ2) is 7.52. The molecule has 0 heterocycles. The Hall–Kier alpha value is -1.46. The standard InChI is InChI=1S/C16H23FN2O2/c1-2-11-5-3-4-6-15(11)21-10-13-9-12(16(20)19-18)7-8-14(13)17/h7-9,11,15H,2-6,10,18H2,1H3,(H,19,20). The molecule has 1 fully saturated rings. The molecular weight excluding hydrogens is 271 g/mol. The van der Waals surface area contributed by atoms with Gasteiger partial charge in [0.25, 0.3) is 5.91 Å². The molecule has 116 valence electrons. The highest BCUT2D eigenvalue weighted by atomic mass is 19.1. The van der Waals surface area contributed by atoms with Crippen molar-refractivity contribution in [1.82, 2.24) is 5.43 Å². The van der Waals surface area contributed by atoms with Crippen LogP contribution in [-0.4, -0.2) is 12.0 Å². The van der Waals surface area contributed by atoms with Crippen LogP contribution in [0.4, 0.5) is 4.39 Å². The highest BCUT2D eigenvalue weighted by Gasteiger charge is 2.24. The minimum atomic E-state index is -0.430. The van der Waals surface area contributed by atoms with Gasteiger partial charge in [0.2, 0.25) is 0 Å². The van der Waals surface area contributed by atoms with Crippen molar-refractivity contribution in [1.29, 1.82) is 0 Å². The summed E-state index contributed by atoms with van der Waals surface area (Å²) in [5.74, 6) is 4.86. The molecule has 2 atom stereocenters. The number of hydrogen-bond acceptors (Lipinski definition) is 3. The van der Waals surface area contributed by atoms with E-state index in [9.17, 15) is 9.18 Å². The van der Waals surface area contributed by atoms with Crippen LogP contribution in [0.25, 0.3) is 0 Å². The molecule has 0 aromatic heterocycles. The van der Waals surface area contributed by atoms with E-state index in [0.717, 1.165) is 12.8 Å². The summed E-state index contributed by atoms with van der Waals surface area (Å²) in [6.07, 6.45) is 5.90. The summed E-state index contributed by atoms with van der Waals surface area (Å²) < 4.78 is 19.7. The molecule has 1 saturated carbocycles. The zero-order valence-electron chi connectivity index (χ0n) is 12.4. The fraction of sp³-hybridized carbons (Fsp3) is 0.562. The molecule has 2 unspecified atom stereocenters. The number of hydrogen-bond donors (Lipinski definition) is 2. The number of amides is 1. The van der Waals surface area contributed by atoms with E-state index in [-0.39, 0.29) is 18.5 Å². The third-order valence-electron chi connectivity index (χ3n) is 4.26. The number of rotatable bonds is 5. The first kappa shape index (κ1) is 15.9. The van der Waals surface area contributed by atoms with Crippen molar-refractivity contribution in [3.8, 4) is 0 Å². The second-order valence-corrected chi connectivity index (χ2v) is 5.58. The molecule has 2 rings (SSSR count). The minimum Gasteiger partial charge on any atom is -0.373 e. The van der Waals surface area contributed by atoms with Gasteiger partial charge in [0, 0.05) is 11.1 Å². The summed E-state index contributed by atoms with van der Waals surface area (Å²) in [4.78, 5) is 11.5. The van der Waals surface area contributed by atoms with Gasteiger partial charge < -0.3 is 4.74 Å². The van der Waals surface area contributed by atoms with E-state index in [2.05, 4.69) is 6.92 Å². The highest BCUT2D eigenvalue weighted by molar-refractivity contribution is 5.93. The number of halogens is 1. The summed E-state index contributed by atoms with van der Waals surface area (Å²) in [6.45, 7) is 2.36. The fourth-order valence-electron chi connectivity index (χ4n) is 2.97. The van der Waals surface area contributed by atoms with Crippen molar-refractivity contribution >= 4 is 5.91 Å². The SMILES string of the molecule is CCC1CCCCC1OCc1cc(C(=O)NN)ccc1F. The number of benzene rings is 1. The molecule has 1 aromatic carbocycles. The molecule has 0 spiro atoms. The Bertz CT molecular complexity index is 493. The van der Waals surface area contributed by atoms with Gasteiger partial charge in [-0.2, -0.15) is 0 Å². The molecule has 3 N–H and O–H groups in total. The van der Waals surface area contributed by atoms with Gasteiger partial charge in [-0.1, -0.05) is 26.2 Å². The first-order chi connectivity index (χ1) is 10.2. The number of nitrogens with two attached hydrogens (primary N) is 1. The highest BCUT2D eigenvalue weighted by Crippen LogP contribution is 2.30. The van der Waals surface area contributed by atoms with Crippen LogP contribution in [0, 0.1) is 11.7 Å². The summed E-state index contributed by atoms with van der Waals surface area (Å²) >= 11 is 0. The van der Waals surface area contributed by atoms with Crippen LogP contribution in [0.5, 0.6) is 0 Å². The average Bonchev–Trinajstić information content (AvgIpc) is 2.53. The van der Waals surface area contributed by atoms with Crippen molar-refractivity contribution in [2.75, 3.05) is 0 Å². The minimum absolute atomic E-state index is 0.190. The van der Waals surface area contributed by atoms with Crippen molar-refractivity contribution in [2.45, 2.75) is 51.7 Å². The monoisotopic (exact) mass is 294 g/mol. The molecule has 0 radical (unpaired) electrons. The lowest BCUT2D eigenvalue weighted by atomic mass is 9.85. The lowest BCUT2D eigenvalue weighted by Crippen LogP contribution is -2.30. The molecule has 21 heavy (non-hydrogen) atoms. The summed E-state index contributed by atoms with van der Waals surface area (Å²) in [5, 5.41) is 0. The molecule has 1 aromatic rings. The molecule has 0 aliphatic heterocycles. The average molecular weight is 294 g/mol. The van der Waals surface area contributed by atoms with Crippen LogP contribution in [0.2, 0.25) is 0 Å². The van der Waals surface area contributed by atoms with Crippen molar-refractivity contribution in [3.63, 3.8) is 0 Å². The predicted molar refractivity (Wildman–Crippen MR) is 78.9 cm³/mol. The second-order valence-electron chi connectivity index (χ2n) is 5.58. The fourth-order valence-corrected chi connectivity index (χ4v) is 2.97. The van der Waals surface area contributed by atoms with Gasteiger partial charge in [0.05, 0.1) is 12.7 Å². The molecule has 1 aliphatic carbocycles. The topological polar surface area (TPSA) is 64.3 Å². The molecule has 0 saturated heterocycles. The van der Waals surface area contributed by atoms with E-state index in [1.54, 1.807) is 0 Å². The number of carbonyl (C=O) groups excluding carboxylic acids is 1. The van der Waals surface area contributed by atoms with Crippen molar-refractivity contribution in [3.05, 3.63) is 35.1 Å². The Morgan fingerprint density at radius 1 is 1.43 bits per heavy atom. The van der Waals surface area contributed by atoms with Gasteiger partial charge in [-0.25, -0.2) is 10.2 Å². The Kier molecular flexibility index (Phi) is 5.70. The Labute approximate surface area is 124 Å². The first-order valence-electron chi connectivity index (χ1n) is 7.56. The van der Waals surface area contributed by atoms with Crippen molar-refractivity contribution < 1.29 is 13.9 Å². The van der Waals surface area contributed by atoms with Crippen LogP contribution in [0.15, 0.2) is 18.2 Å². The molecule has 1 aliphatic rings. The van der Waals surface area contributed by atoms with Crippen molar-refractivity contribution in [2.24, 2.45) is 11.8 Å². The lowest BCUT2D eigenvalue weighted by Gasteiger charge is -2.30. The van der Waals surface area contributed by atoms with Crippen LogP contribution in [-0.2, 0) is 11.3 Å². The maximum absolute atomic E-state index is 13.8.